The molecule has 3 aromatic carbocycles. The van der Waals surface area contributed by atoms with Gasteiger partial charge < -0.3 is 11.5 Å². The smallest absolute Gasteiger partial charge is 0.397 e. The summed E-state index contributed by atoms with van der Waals surface area (Å²) in [6.07, 6.45) is 1.76. The van der Waals surface area contributed by atoms with Gasteiger partial charge in [-0.15, -0.1) is 24.8 Å². The molecule has 3 aromatic rings. The number of sulfone groups is 1. The molecule has 0 radical (unpaired) electrons. The molecular formula is C22H20N6O17S6. The van der Waals surface area contributed by atoms with E-state index >= 15 is 0 Å². The van der Waals surface area contributed by atoms with Gasteiger partial charge in [0.15, 0.2) is 15.9 Å². The van der Waals surface area contributed by atoms with E-state index in [4.69, 9.17) is 25.8 Å². The van der Waals surface area contributed by atoms with E-state index < -0.39 is 58.0 Å². The molecule has 0 fully saturated rings. The van der Waals surface area contributed by atoms with E-state index in [0.717, 1.165) is 30.3 Å². The first-order valence-corrected chi connectivity index (χ1v) is 19.8. The van der Waals surface area contributed by atoms with Gasteiger partial charge in [-0.3, -0.25) is 18.5 Å². The van der Waals surface area contributed by atoms with Gasteiger partial charge in [0.05, 0.1) is 45.6 Å². The Morgan fingerprint density at radius 1 is 0.745 bits per heavy atom. The summed E-state index contributed by atoms with van der Waals surface area (Å²) in [6, 6.07) is 9.01. The summed E-state index contributed by atoms with van der Waals surface area (Å²) in [5, 5.41) is 30.0. The van der Waals surface area contributed by atoms with Gasteiger partial charge in [-0.25, -0.2) is 17.9 Å². The van der Waals surface area contributed by atoms with Gasteiger partial charge in [-0.05, 0) is 64.6 Å². The molecular weight excluding hydrogens is 813 g/mol. The molecule has 23 nitrogen and oxygen atoms in total. The van der Waals surface area contributed by atoms with Crippen LogP contribution < -0.4 is 11.5 Å². The molecule has 0 saturated heterocycles. The first kappa shape index (κ1) is 41.4. The Hall–Kier alpha value is -4.00. The normalized spacial score (nSPS) is 12.6. The number of hydrogen-bond donors (Lipinski definition) is 6. The standard InChI is InChI=1S/C22H20N6O17S6/c23-15-11-16(24)20(28-26-18-3-1-13(9-22(18)49(32,33)34)46-7-5-41-45-51(38,39)40)12-19(15)27-25-17-4-2-14(10-21(17)47-44-43-29)48(30,31)8-6-42-50(35,36)37/h1-4,9-12,29H,6,8,23-24H2,(H,32,33,34)(H,35,36,37)(H,38,39,40). The third kappa shape index (κ3) is 13.6. The van der Waals surface area contributed by atoms with E-state index in [1.807, 2.05) is 0 Å². The van der Waals surface area contributed by atoms with Crippen molar-refractivity contribution in [2.45, 2.75) is 19.6 Å². The third-order valence-corrected chi connectivity index (χ3v) is 9.89. The van der Waals surface area contributed by atoms with Crippen LogP contribution in [-0.2, 0) is 63.5 Å². The second-order valence-electron chi connectivity index (χ2n) is 8.78. The van der Waals surface area contributed by atoms with Crippen molar-refractivity contribution in [1.29, 1.82) is 0 Å². The lowest BCUT2D eigenvalue weighted by atomic mass is 10.2. The van der Waals surface area contributed by atoms with Gasteiger partial charge in [-0.1, -0.05) is 5.04 Å². The van der Waals surface area contributed by atoms with Crippen molar-refractivity contribution in [2.75, 3.05) is 23.8 Å². The second kappa shape index (κ2) is 17.5. The van der Waals surface area contributed by atoms with Crippen LogP contribution in [0.15, 0.2) is 88.6 Å². The fourth-order valence-electron chi connectivity index (χ4n) is 3.26. The molecule has 0 aliphatic rings. The molecule has 51 heavy (non-hydrogen) atoms. The first-order valence-electron chi connectivity index (χ1n) is 12.5. The Morgan fingerprint density at radius 2 is 1.35 bits per heavy atom. The number of nitrogens with two attached hydrogens (primary N) is 2. The summed E-state index contributed by atoms with van der Waals surface area (Å²) in [6.45, 7) is -0.899. The Balaban J connectivity index is 1.91. The minimum Gasteiger partial charge on any atom is -0.397 e. The quantitative estimate of drug-likeness (QED) is 0.0175. The predicted octanol–water partition coefficient (Wildman–Crippen LogP) is 3.71. The van der Waals surface area contributed by atoms with Crippen molar-refractivity contribution in [1.82, 2.24) is 0 Å². The summed E-state index contributed by atoms with van der Waals surface area (Å²) in [5.41, 5.74) is 11.2. The van der Waals surface area contributed by atoms with Crippen LogP contribution in [0.3, 0.4) is 0 Å². The Labute approximate surface area is 296 Å². The van der Waals surface area contributed by atoms with Crippen molar-refractivity contribution >= 4 is 98.7 Å². The molecule has 0 unspecified atom stereocenters. The summed E-state index contributed by atoms with van der Waals surface area (Å²) in [7, 11) is -18.9. The molecule has 0 aliphatic heterocycles. The number of hydrogen-bond acceptors (Lipinski definition) is 22. The van der Waals surface area contributed by atoms with Gasteiger partial charge in [0.1, 0.15) is 27.6 Å². The average molecular weight is 833 g/mol. The maximum absolute atomic E-state index is 12.6. The Bertz CT molecular complexity index is 2340. The molecule has 0 aliphatic carbocycles. The molecule has 0 amide bonds. The van der Waals surface area contributed by atoms with Crippen LogP contribution in [0, 0.1) is 11.4 Å². The fourth-order valence-corrected chi connectivity index (χ4v) is 6.67. The van der Waals surface area contributed by atoms with Crippen molar-refractivity contribution < 1.29 is 75.4 Å². The number of benzene rings is 3. The number of anilines is 2. The SMILES string of the molecule is Nc1cc(N)c(N=Nc2ccc(SC#COOS(=O)(=O)O)cc2S(=O)(=O)O)cc1N=Nc1ccc(S(=O)(=O)CCOS(=O)(=O)O)cc1SOOO. The molecule has 276 valence electrons. The lowest BCUT2D eigenvalue weighted by Gasteiger charge is -2.08. The van der Waals surface area contributed by atoms with Crippen LogP contribution in [0.5, 0.6) is 0 Å². The highest BCUT2D eigenvalue weighted by molar-refractivity contribution is 8.04. The minimum atomic E-state index is -4.93. The lowest BCUT2D eigenvalue weighted by molar-refractivity contribution is -0.432. The summed E-state index contributed by atoms with van der Waals surface area (Å²) in [5.74, 6) is -0.856. The summed E-state index contributed by atoms with van der Waals surface area (Å²) in [4.78, 5) is 2.84. The zero-order valence-corrected chi connectivity index (χ0v) is 29.4. The van der Waals surface area contributed by atoms with Crippen molar-refractivity contribution in [3.63, 3.8) is 0 Å². The van der Waals surface area contributed by atoms with Gasteiger partial charge in [0.25, 0.3) is 10.1 Å². The van der Waals surface area contributed by atoms with E-state index in [-0.39, 0.29) is 48.8 Å². The summed E-state index contributed by atoms with van der Waals surface area (Å²) < 4.78 is 130. The van der Waals surface area contributed by atoms with Crippen molar-refractivity contribution in [2.24, 2.45) is 20.5 Å². The zero-order chi connectivity index (χ0) is 38.0. The highest BCUT2D eigenvalue weighted by Crippen LogP contribution is 2.38. The largest absolute Gasteiger partial charge is 0.433 e. The van der Waals surface area contributed by atoms with Gasteiger partial charge in [0.2, 0.25) is 0 Å². The summed E-state index contributed by atoms with van der Waals surface area (Å²) >= 11 is 0.910. The van der Waals surface area contributed by atoms with Crippen LogP contribution in [-0.4, -0.2) is 64.9 Å². The fraction of sp³-hybridized carbons (Fsp3) is 0.0909. The van der Waals surface area contributed by atoms with E-state index in [0.29, 0.717) is 23.8 Å². The molecule has 0 saturated carbocycles. The number of nitrogens with zero attached hydrogens (tertiary/aromatic N) is 4. The van der Waals surface area contributed by atoms with Gasteiger partial charge >= 0.3 is 20.8 Å². The molecule has 8 N–H and O–H groups in total. The molecule has 0 atom stereocenters. The van der Waals surface area contributed by atoms with Crippen molar-refractivity contribution in [3.8, 4) is 11.4 Å². The maximum Gasteiger partial charge on any atom is 0.433 e. The predicted molar refractivity (Wildman–Crippen MR) is 174 cm³/mol. The van der Waals surface area contributed by atoms with Gasteiger partial charge in [0, 0.05) is 10.1 Å². The van der Waals surface area contributed by atoms with Crippen LogP contribution in [0.4, 0.5) is 34.1 Å². The second-order valence-corrected chi connectivity index (χ2v) is 16.0. The monoisotopic (exact) mass is 832 g/mol. The molecule has 29 heteroatoms. The third-order valence-electron chi connectivity index (χ3n) is 5.32. The first-order chi connectivity index (χ1) is 23.7. The Kier molecular flexibility index (Phi) is 14.2. The highest BCUT2D eigenvalue weighted by Gasteiger charge is 2.20. The van der Waals surface area contributed by atoms with E-state index in [1.54, 1.807) is 6.11 Å². The lowest BCUT2D eigenvalue weighted by Crippen LogP contribution is -2.15. The van der Waals surface area contributed by atoms with E-state index in [9.17, 15) is 38.2 Å². The van der Waals surface area contributed by atoms with Crippen LogP contribution >= 0.6 is 23.8 Å². The Morgan fingerprint density at radius 3 is 1.94 bits per heavy atom. The van der Waals surface area contributed by atoms with Crippen LogP contribution in [0.2, 0.25) is 0 Å². The molecule has 0 heterocycles. The molecule has 0 bridgehead atoms. The van der Waals surface area contributed by atoms with E-state index in [2.05, 4.69) is 48.5 Å². The molecule has 3 rings (SSSR count). The average Bonchev–Trinajstić information content (AvgIpc) is 3.01. The number of azo groups is 2. The zero-order valence-electron chi connectivity index (χ0n) is 24.5. The number of rotatable bonds is 16. The van der Waals surface area contributed by atoms with E-state index in [1.165, 1.54) is 18.2 Å². The number of nitrogen functional groups attached to an aromatic ring is 2. The minimum absolute atomic E-state index is 0.0375. The number of thioether (sulfide) groups is 1. The van der Waals surface area contributed by atoms with Crippen LogP contribution in [0.1, 0.15) is 0 Å². The molecule has 0 aromatic heterocycles. The topological polar surface area (TPSA) is 365 Å². The van der Waals surface area contributed by atoms with Crippen LogP contribution in [0.25, 0.3) is 0 Å². The maximum atomic E-state index is 12.6. The van der Waals surface area contributed by atoms with Crippen molar-refractivity contribution in [3.05, 3.63) is 48.5 Å². The van der Waals surface area contributed by atoms with Gasteiger partial charge in [-0.2, -0.15) is 25.3 Å². The molecule has 0 spiro atoms. The highest BCUT2D eigenvalue weighted by atomic mass is 32.3.